The van der Waals surface area contributed by atoms with Gasteiger partial charge in [0.1, 0.15) is 16.2 Å². The lowest BCUT2D eigenvalue weighted by Crippen LogP contribution is -2.42. The first-order chi connectivity index (χ1) is 13.3. The van der Waals surface area contributed by atoms with E-state index < -0.39 is 21.7 Å². The molecule has 148 valence electrons. The van der Waals surface area contributed by atoms with Gasteiger partial charge in [-0.05, 0) is 25.0 Å². The third-order valence-electron chi connectivity index (χ3n) is 4.90. The van der Waals surface area contributed by atoms with E-state index in [1.807, 2.05) is 0 Å². The smallest absolute Gasteiger partial charge is 0.246 e. The number of piperidine rings is 1. The topological polar surface area (TPSA) is 80.1 Å². The predicted octanol–water partition coefficient (Wildman–Crippen LogP) is 2.51. The maximum atomic E-state index is 13.9. The summed E-state index contributed by atoms with van der Waals surface area (Å²) < 4.78 is 55.8. The fourth-order valence-corrected chi connectivity index (χ4v) is 4.90. The number of rotatable bonds is 4. The van der Waals surface area contributed by atoms with Crippen LogP contribution in [0.25, 0.3) is 10.9 Å². The third-order valence-corrected chi connectivity index (χ3v) is 6.75. The van der Waals surface area contributed by atoms with E-state index in [4.69, 9.17) is 0 Å². The number of fused-ring (bicyclic) bond motifs is 1. The number of sulfonamides is 1. The molecule has 0 atom stereocenters. The summed E-state index contributed by atoms with van der Waals surface area (Å²) in [6.45, 7) is 0.696. The monoisotopic (exact) mass is 407 g/mol. The summed E-state index contributed by atoms with van der Waals surface area (Å²) in [6.07, 6.45) is 5.42. The molecule has 4 rings (SSSR count). The molecule has 0 spiro atoms. The van der Waals surface area contributed by atoms with Crippen LogP contribution in [0.1, 0.15) is 12.8 Å². The predicted molar refractivity (Wildman–Crippen MR) is 100 cm³/mol. The van der Waals surface area contributed by atoms with Gasteiger partial charge in [0.05, 0.1) is 6.20 Å². The van der Waals surface area contributed by atoms with Crippen molar-refractivity contribution in [3.63, 3.8) is 0 Å². The van der Waals surface area contributed by atoms with Crippen molar-refractivity contribution >= 4 is 26.6 Å². The molecule has 10 heteroatoms. The summed E-state index contributed by atoms with van der Waals surface area (Å²) in [7, 11) is -1.90. The second kappa shape index (κ2) is 7.10. The molecule has 0 radical (unpaired) electrons. The van der Waals surface area contributed by atoms with Gasteiger partial charge in [-0.15, -0.1) is 0 Å². The number of halogens is 2. The SMILES string of the molecule is Cn1cc(S(=O)(=O)N2CCC(Nc3ccnc4c(F)cc(F)cc34)CC2)cn1. The lowest BCUT2D eigenvalue weighted by Gasteiger charge is -2.32. The van der Waals surface area contributed by atoms with Crippen molar-refractivity contribution in [2.75, 3.05) is 18.4 Å². The first-order valence-corrected chi connectivity index (χ1v) is 10.3. The van der Waals surface area contributed by atoms with Crippen molar-refractivity contribution in [3.05, 3.63) is 48.4 Å². The van der Waals surface area contributed by atoms with E-state index >= 15 is 0 Å². The third kappa shape index (κ3) is 3.45. The number of nitrogens with zero attached hydrogens (tertiary/aromatic N) is 4. The van der Waals surface area contributed by atoms with Crippen LogP contribution in [0.15, 0.2) is 41.7 Å². The summed E-state index contributed by atoms with van der Waals surface area (Å²) in [5.74, 6) is -1.38. The molecule has 1 N–H and O–H groups in total. The Kier molecular flexibility index (Phi) is 4.76. The molecule has 0 unspecified atom stereocenters. The zero-order chi connectivity index (χ0) is 19.9. The van der Waals surface area contributed by atoms with Crippen LogP contribution in [-0.2, 0) is 17.1 Å². The molecule has 7 nitrogen and oxygen atoms in total. The minimum Gasteiger partial charge on any atom is -0.382 e. The van der Waals surface area contributed by atoms with Gasteiger partial charge in [-0.25, -0.2) is 17.2 Å². The molecule has 28 heavy (non-hydrogen) atoms. The maximum Gasteiger partial charge on any atom is 0.246 e. The Labute approximate surface area is 161 Å². The van der Waals surface area contributed by atoms with Crippen molar-refractivity contribution in [2.45, 2.75) is 23.8 Å². The van der Waals surface area contributed by atoms with E-state index in [-0.39, 0.29) is 16.5 Å². The number of nitrogens with one attached hydrogen (secondary N) is 1. The Hall–Kier alpha value is -2.59. The molecular weight excluding hydrogens is 388 g/mol. The first kappa shape index (κ1) is 18.8. The molecule has 0 amide bonds. The maximum absolute atomic E-state index is 13.9. The van der Waals surface area contributed by atoms with Crippen molar-refractivity contribution in [1.82, 2.24) is 19.1 Å². The molecule has 3 aromatic rings. The highest BCUT2D eigenvalue weighted by molar-refractivity contribution is 7.89. The van der Waals surface area contributed by atoms with Gasteiger partial charge < -0.3 is 5.32 Å². The number of benzene rings is 1. The summed E-state index contributed by atoms with van der Waals surface area (Å²) in [4.78, 5) is 4.15. The van der Waals surface area contributed by atoms with Gasteiger partial charge in [0, 0.05) is 55.7 Å². The quantitative estimate of drug-likeness (QED) is 0.719. The van der Waals surface area contributed by atoms with Gasteiger partial charge in [0.2, 0.25) is 10.0 Å². The van der Waals surface area contributed by atoms with Gasteiger partial charge in [0.15, 0.2) is 5.82 Å². The van der Waals surface area contributed by atoms with Crippen LogP contribution in [0.3, 0.4) is 0 Å². The van der Waals surface area contributed by atoms with Crippen LogP contribution in [0.2, 0.25) is 0 Å². The van der Waals surface area contributed by atoms with Crippen LogP contribution in [0, 0.1) is 11.6 Å². The average molecular weight is 407 g/mol. The second-order valence-electron chi connectivity index (χ2n) is 6.81. The van der Waals surface area contributed by atoms with E-state index in [1.54, 1.807) is 13.1 Å². The van der Waals surface area contributed by atoms with Crippen LogP contribution < -0.4 is 5.32 Å². The van der Waals surface area contributed by atoms with Crippen LogP contribution >= 0.6 is 0 Å². The molecule has 0 aliphatic carbocycles. The summed E-state index contributed by atoms with van der Waals surface area (Å²) >= 11 is 0. The number of hydrogen-bond donors (Lipinski definition) is 1. The van der Waals surface area contributed by atoms with E-state index in [9.17, 15) is 17.2 Å². The highest BCUT2D eigenvalue weighted by Gasteiger charge is 2.30. The molecule has 2 aromatic heterocycles. The van der Waals surface area contributed by atoms with E-state index in [0.29, 0.717) is 37.0 Å². The van der Waals surface area contributed by atoms with Gasteiger partial charge in [-0.3, -0.25) is 9.67 Å². The largest absolute Gasteiger partial charge is 0.382 e. The summed E-state index contributed by atoms with van der Waals surface area (Å²) in [6, 6.07) is 3.70. The Morgan fingerprint density at radius 1 is 1.21 bits per heavy atom. The first-order valence-electron chi connectivity index (χ1n) is 8.84. The van der Waals surface area contributed by atoms with Crippen LogP contribution in [0.4, 0.5) is 14.5 Å². The molecule has 1 aliphatic rings. The fraction of sp³-hybridized carbons (Fsp3) is 0.333. The second-order valence-corrected chi connectivity index (χ2v) is 8.75. The minimum atomic E-state index is -3.57. The van der Waals surface area contributed by atoms with Crippen molar-refractivity contribution in [1.29, 1.82) is 0 Å². The zero-order valence-corrected chi connectivity index (χ0v) is 16.0. The lowest BCUT2D eigenvalue weighted by atomic mass is 10.1. The summed E-state index contributed by atoms with van der Waals surface area (Å²) in [5.41, 5.74) is 0.681. The van der Waals surface area contributed by atoms with Crippen LogP contribution in [-0.4, -0.2) is 46.6 Å². The zero-order valence-electron chi connectivity index (χ0n) is 15.1. The normalized spacial score (nSPS) is 16.5. The fourth-order valence-electron chi connectivity index (χ4n) is 3.45. The molecule has 1 saturated heterocycles. The molecular formula is C18H19F2N5O2S. The van der Waals surface area contributed by atoms with Crippen molar-refractivity contribution in [3.8, 4) is 0 Å². The molecule has 3 heterocycles. The van der Waals surface area contributed by atoms with Crippen molar-refractivity contribution in [2.24, 2.45) is 7.05 Å². The van der Waals surface area contributed by atoms with E-state index in [2.05, 4.69) is 15.4 Å². The highest BCUT2D eigenvalue weighted by Crippen LogP contribution is 2.28. The van der Waals surface area contributed by atoms with Crippen LogP contribution in [0.5, 0.6) is 0 Å². The Bertz CT molecular complexity index is 1120. The Morgan fingerprint density at radius 3 is 2.64 bits per heavy atom. The summed E-state index contributed by atoms with van der Waals surface area (Å²) in [5, 5.41) is 7.57. The molecule has 0 bridgehead atoms. The minimum absolute atomic E-state index is 0.0164. The standard InChI is InChI=1S/C18H19F2N5O2S/c1-24-11-14(10-22-24)28(26,27)25-6-3-13(4-7-25)23-17-2-5-21-18-15(17)8-12(19)9-16(18)20/h2,5,8-11,13H,3-4,6-7H2,1H3,(H,21,23). The van der Waals surface area contributed by atoms with E-state index in [1.165, 1.54) is 33.6 Å². The molecule has 1 aliphatic heterocycles. The molecule has 1 aromatic carbocycles. The van der Waals surface area contributed by atoms with E-state index in [0.717, 1.165) is 6.07 Å². The number of pyridine rings is 1. The Balaban J connectivity index is 1.49. The van der Waals surface area contributed by atoms with Gasteiger partial charge >= 0.3 is 0 Å². The lowest BCUT2D eigenvalue weighted by molar-refractivity contribution is 0.330. The van der Waals surface area contributed by atoms with Gasteiger partial charge in [-0.1, -0.05) is 0 Å². The number of hydrogen-bond acceptors (Lipinski definition) is 5. The van der Waals surface area contributed by atoms with Crippen molar-refractivity contribution < 1.29 is 17.2 Å². The number of aromatic nitrogens is 3. The number of aryl methyl sites for hydroxylation is 1. The molecule has 1 fully saturated rings. The highest BCUT2D eigenvalue weighted by atomic mass is 32.2. The average Bonchev–Trinajstić information content (AvgIpc) is 3.10. The Morgan fingerprint density at radius 2 is 1.96 bits per heavy atom. The molecule has 0 saturated carbocycles. The number of anilines is 1. The van der Waals surface area contributed by atoms with Gasteiger partial charge in [0.25, 0.3) is 0 Å². The van der Waals surface area contributed by atoms with Gasteiger partial charge in [-0.2, -0.15) is 9.40 Å².